The second kappa shape index (κ2) is 6.19. The van der Waals surface area contributed by atoms with Crippen molar-refractivity contribution in [2.75, 3.05) is 6.61 Å². The molecule has 0 aliphatic carbocycles. The number of halogens is 1. The smallest absolute Gasteiger partial charge is 0.222 e. The fourth-order valence-electron chi connectivity index (χ4n) is 2.38. The third-order valence-electron chi connectivity index (χ3n) is 3.39. The van der Waals surface area contributed by atoms with E-state index >= 15 is 0 Å². The van der Waals surface area contributed by atoms with E-state index in [1.165, 1.54) is 0 Å². The zero-order valence-corrected chi connectivity index (χ0v) is 13.2. The SMILES string of the molecule is O=Nc1c(O)n(CCOc2ccccc2)c2ccc(Br)cc12. The summed E-state index contributed by atoms with van der Waals surface area (Å²) < 4.78 is 8.08. The average Bonchev–Trinajstić information content (AvgIpc) is 2.79. The summed E-state index contributed by atoms with van der Waals surface area (Å²) in [6, 6.07) is 14.9. The van der Waals surface area contributed by atoms with Crippen molar-refractivity contribution in [1.82, 2.24) is 4.57 Å². The Labute approximate surface area is 135 Å². The van der Waals surface area contributed by atoms with Gasteiger partial charge in [-0.25, -0.2) is 0 Å². The summed E-state index contributed by atoms with van der Waals surface area (Å²) in [6.45, 7) is 0.782. The van der Waals surface area contributed by atoms with Gasteiger partial charge < -0.3 is 14.4 Å². The van der Waals surface area contributed by atoms with Gasteiger partial charge in [-0.3, -0.25) is 0 Å². The molecule has 0 aliphatic heterocycles. The molecule has 1 aromatic heterocycles. The maximum atomic E-state index is 11.0. The standard InChI is InChI=1S/C16H13BrN2O3/c17-11-6-7-14-13(10-11)15(18-21)16(20)19(14)8-9-22-12-4-2-1-3-5-12/h1-7,10,20H,8-9H2. The molecule has 0 saturated heterocycles. The Morgan fingerprint density at radius 1 is 1.18 bits per heavy atom. The first-order valence-electron chi connectivity index (χ1n) is 6.72. The van der Waals surface area contributed by atoms with E-state index in [2.05, 4.69) is 21.1 Å². The van der Waals surface area contributed by atoms with Gasteiger partial charge in [-0.1, -0.05) is 34.1 Å². The van der Waals surface area contributed by atoms with Crippen molar-refractivity contribution in [3.05, 3.63) is 57.9 Å². The summed E-state index contributed by atoms with van der Waals surface area (Å²) in [5, 5.41) is 13.8. The fourth-order valence-corrected chi connectivity index (χ4v) is 2.74. The Balaban J connectivity index is 1.87. The van der Waals surface area contributed by atoms with E-state index in [4.69, 9.17) is 4.74 Å². The summed E-state index contributed by atoms with van der Waals surface area (Å²) >= 11 is 3.35. The summed E-state index contributed by atoms with van der Waals surface area (Å²) in [7, 11) is 0. The first kappa shape index (κ1) is 14.6. The minimum Gasteiger partial charge on any atom is -0.493 e. The van der Waals surface area contributed by atoms with Gasteiger partial charge in [-0.05, 0) is 35.5 Å². The first-order valence-corrected chi connectivity index (χ1v) is 7.52. The number of aromatic hydroxyl groups is 1. The zero-order chi connectivity index (χ0) is 15.5. The van der Waals surface area contributed by atoms with Gasteiger partial charge >= 0.3 is 0 Å². The van der Waals surface area contributed by atoms with Crippen LogP contribution in [0.4, 0.5) is 5.69 Å². The Kier molecular flexibility index (Phi) is 4.11. The number of nitrogens with zero attached hydrogens (tertiary/aromatic N) is 2. The molecule has 0 saturated carbocycles. The molecular weight excluding hydrogens is 348 g/mol. The largest absolute Gasteiger partial charge is 0.493 e. The lowest BCUT2D eigenvalue weighted by molar-refractivity contribution is 0.290. The third kappa shape index (κ3) is 2.69. The van der Waals surface area contributed by atoms with Crippen LogP contribution in [0.25, 0.3) is 10.9 Å². The van der Waals surface area contributed by atoms with Gasteiger partial charge in [-0.2, -0.15) is 0 Å². The highest BCUT2D eigenvalue weighted by Gasteiger charge is 2.17. The van der Waals surface area contributed by atoms with Crippen LogP contribution < -0.4 is 4.74 Å². The van der Waals surface area contributed by atoms with E-state index in [-0.39, 0.29) is 11.6 Å². The van der Waals surface area contributed by atoms with E-state index in [1.54, 1.807) is 10.6 Å². The van der Waals surface area contributed by atoms with E-state index in [0.717, 1.165) is 15.7 Å². The summed E-state index contributed by atoms with van der Waals surface area (Å²) in [5.74, 6) is 0.620. The highest BCUT2D eigenvalue weighted by atomic mass is 79.9. The van der Waals surface area contributed by atoms with E-state index in [1.807, 2.05) is 42.5 Å². The highest BCUT2D eigenvalue weighted by Crippen LogP contribution is 2.39. The van der Waals surface area contributed by atoms with Crippen molar-refractivity contribution < 1.29 is 9.84 Å². The molecule has 0 bridgehead atoms. The first-order chi connectivity index (χ1) is 10.7. The minimum atomic E-state index is -0.139. The molecule has 0 atom stereocenters. The van der Waals surface area contributed by atoms with Crippen LogP contribution >= 0.6 is 15.9 Å². The topological polar surface area (TPSA) is 63.8 Å². The van der Waals surface area contributed by atoms with Crippen LogP contribution in [0.3, 0.4) is 0 Å². The van der Waals surface area contributed by atoms with Gasteiger partial charge in [-0.15, -0.1) is 4.91 Å². The van der Waals surface area contributed by atoms with Crippen molar-refractivity contribution in [3.63, 3.8) is 0 Å². The Hall–Kier alpha value is -2.34. The summed E-state index contributed by atoms with van der Waals surface area (Å²) in [6.07, 6.45) is 0. The van der Waals surface area contributed by atoms with Crippen molar-refractivity contribution in [3.8, 4) is 11.6 Å². The second-order valence-electron chi connectivity index (χ2n) is 4.74. The van der Waals surface area contributed by atoms with Crippen LogP contribution in [0.2, 0.25) is 0 Å². The molecule has 0 radical (unpaired) electrons. The number of para-hydroxylation sites is 1. The van der Waals surface area contributed by atoms with Crippen molar-refractivity contribution in [2.24, 2.45) is 5.18 Å². The number of ether oxygens (including phenoxy) is 1. The lowest BCUT2D eigenvalue weighted by Crippen LogP contribution is -2.07. The predicted molar refractivity (Wildman–Crippen MR) is 88.7 cm³/mol. The van der Waals surface area contributed by atoms with Crippen LogP contribution in [0, 0.1) is 4.91 Å². The number of nitroso groups, excluding NO2 is 1. The number of fused-ring (bicyclic) bond motifs is 1. The zero-order valence-electron chi connectivity index (χ0n) is 11.6. The molecule has 2 aromatic carbocycles. The molecule has 0 amide bonds. The lowest BCUT2D eigenvalue weighted by atomic mass is 10.2. The quantitative estimate of drug-likeness (QED) is 0.677. The number of aromatic nitrogens is 1. The molecule has 3 aromatic rings. The minimum absolute atomic E-state index is 0.0519. The molecule has 0 fully saturated rings. The molecule has 1 heterocycles. The molecule has 1 N–H and O–H groups in total. The molecule has 5 nitrogen and oxygen atoms in total. The normalized spacial score (nSPS) is 10.8. The van der Waals surface area contributed by atoms with E-state index in [0.29, 0.717) is 18.5 Å². The van der Waals surface area contributed by atoms with Gasteiger partial charge in [0.2, 0.25) is 5.88 Å². The maximum absolute atomic E-state index is 11.0. The summed E-state index contributed by atoms with van der Waals surface area (Å²) in [4.78, 5) is 11.0. The van der Waals surface area contributed by atoms with Gasteiger partial charge in [0.05, 0.1) is 12.1 Å². The molecule has 6 heteroatoms. The molecule has 0 unspecified atom stereocenters. The fraction of sp³-hybridized carbons (Fsp3) is 0.125. The second-order valence-corrected chi connectivity index (χ2v) is 5.65. The lowest BCUT2D eigenvalue weighted by Gasteiger charge is -2.09. The van der Waals surface area contributed by atoms with Crippen LogP contribution in [-0.4, -0.2) is 16.3 Å². The number of benzene rings is 2. The van der Waals surface area contributed by atoms with Crippen molar-refractivity contribution >= 4 is 32.5 Å². The van der Waals surface area contributed by atoms with Crippen LogP contribution in [0.1, 0.15) is 0 Å². The van der Waals surface area contributed by atoms with Crippen molar-refractivity contribution in [1.29, 1.82) is 0 Å². The van der Waals surface area contributed by atoms with E-state index < -0.39 is 0 Å². The van der Waals surface area contributed by atoms with Crippen LogP contribution in [-0.2, 0) is 6.54 Å². The molecule has 22 heavy (non-hydrogen) atoms. The van der Waals surface area contributed by atoms with E-state index in [9.17, 15) is 10.0 Å². The Bertz CT molecular complexity index is 815. The number of hydrogen-bond acceptors (Lipinski definition) is 4. The molecule has 0 spiro atoms. The van der Waals surface area contributed by atoms with Crippen LogP contribution in [0.15, 0.2) is 58.2 Å². The Morgan fingerprint density at radius 3 is 2.68 bits per heavy atom. The number of rotatable bonds is 5. The molecule has 0 aliphatic rings. The average molecular weight is 361 g/mol. The van der Waals surface area contributed by atoms with Gasteiger partial charge in [0.1, 0.15) is 12.4 Å². The Morgan fingerprint density at radius 2 is 1.95 bits per heavy atom. The van der Waals surface area contributed by atoms with Gasteiger partial charge in [0, 0.05) is 9.86 Å². The summed E-state index contributed by atoms with van der Waals surface area (Å²) in [5.41, 5.74) is 0.794. The predicted octanol–water partition coefficient (Wildman–Crippen LogP) is 4.59. The molecular formula is C16H13BrN2O3. The maximum Gasteiger partial charge on any atom is 0.222 e. The van der Waals surface area contributed by atoms with Crippen molar-refractivity contribution in [2.45, 2.75) is 6.54 Å². The monoisotopic (exact) mass is 360 g/mol. The molecule has 112 valence electrons. The van der Waals surface area contributed by atoms with Gasteiger partial charge in [0.25, 0.3) is 0 Å². The van der Waals surface area contributed by atoms with Gasteiger partial charge in [0.15, 0.2) is 5.69 Å². The third-order valence-corrected chi connectivity index (χ3v) is 3.88. The van der Waals surface area contributed by atoms with Crippen LogP contribution in [0.5, 0.6) is 11.6 Å². The highest BCUT2D eigenvalue weighted by molar-refractivity contribution is 9.10. The molecule has 3 rings (SSSR count). The number of hydrogen-bond donors (Lipinski definition) is 1.